The van der Waals surface area contributed by atoms with Crippen molar-refractivity contribution in [3.63, 3.8) is 0 Å². The number of nitrogens with zero attached hydrogens (tertiary/aromatic N) is 4. The Morgan fingerprint density at radius 1 is 0.545 bits per heavy atom. The summed E-state index contributed by atoms with van der Waals surface area (Å²) in [6.07, 6.45) is 0. The Morgan fingerprint density at radius 2 is 1.07 bits per heavy atom. The van der Waals surface area contributed by atoms with Crippen LogP contribution in [0.5, 0.6) is 0 Å². The van der Waals surface area contributed by atoms with E-state index in [1.165, 1.54) is 32.9 Å². The molecule has 2 heterocycles. The second kappa shape index (κ2) is 10.9. The molecule has 0 spiro atoms. The summed E-state index contributed by atoms with van der Waals surface area (Å²) >= 11 is 0. The highest BCUT2D eigenvalue weighted by Crippen LogP contribution is 2.34. The van der Waals surface area contributed by atoms with Crippen LogP contribution in [-0.4, -0.2) is 14.1 Å². The van der Waals surface area contributed by atoms with Gasteiger partial charge in [-0.15, -0.1) is 0 Å². The van der Waals surface area contributed by atoms with E-state index >= 15 is 0 Å². The molecule has 0 N–H and O–H groups in total. The predicted octanol–water partition coefficient (Wildman–Crippen LogP) is 9.73. The summed E-state index contributed by atoms with van der Waals surface area (Å²) in [5.41, 5.74) is 10.6. The molecule has 0 saturated heterocycles. The van der Waals surface area contributed by atoms with E-state index in [4.69, 9.17) is 4.98 Å². The van der Waals surface area contributed by atoms with Gasteiger partial charge in [0, 0.05) is 58.9 Å². The first kappa shape index (κ1) is 26.1. The minimum atomic E-state index is 0.724. The van der Waals surface area contributed by atoms with E-state index in [0.717, 1.165) is 46.9 Å². The first-order valence-corrected chi connectivity index (χ1v) is 15.1. The van der Waals surface area contributed by atoms with Crippen molar-refractivity contribution in [1.82, 2.24) is 14.1 Å². The maximum atomic E-state index is 5.17. The van der Waals surface area contributed by atoms with Crippen LogP contribution in [-0.2, 0) is 20.1 Å². The highest BCUT2D eigenvalue weighted by Gasteiger charge is 2.19. The number of rotatable bonds is 7. The van der Waals surface area contributed by atoms with Gasteiger partial charge in [-0.05, 0) is 59.7 Å². The molecule has 0 fully saturated rings. The van der Waals surface area contributed by atoms with Crippen molar-refractivity contribution < 1.29 is 0 Å². The Bertz CT molecular complexity index is 2140. The monoisotopic (exact) mass is 568 g/mol. The molecule has 0 radical (unpaired) electrons. The molecule has 44 heavy (non-hydrogen) atoms. The van der Waals surface area contributed by atoms with E-state index in [-0.39, 0.29) is 0 Å². The van der Waals surface area contributed by atoms with Crippen LogP contribution < -0.4 is 4.90 Å². The average molecular weight is 569 g/mol. The molecule has 2 aromatic heterocycles. The number of para-hydroxylation sites is 4. The van der Waals surface area contributed by atoms with Gasteiger partial charge in [-0.25, -0.2) is 4.98 Å². The molecule has 6 aromatic carbocycles. The van der Waals surface area contributed by atoms with Gasteiger partial charge in [-0.1, -0.05) is 103 Å². The zero-order valence-electron chi connectivity index (χ0n) is 24.6. The number of fused-ring (bicyclic) bond motifs is 4. The Hall–Kier alpha value is -5.61. The number of aryl methyl sites for hydroxylation is 1. The first-order valence-electron chi connectivity index (χ1n) is 15.1. The fraction of sp³-hybridized carbons (Fsp3) is 0.0750. The molecule has 0 aliphatic rings. The van der Waals surface area contributed by atoms with Gasteiger partial charge in [0.15, 0.2) is 0 Å². The van der Waals surface area contributed by atoms with Gasteiger partial charge < -0.3 is 14.0 Å². The average Bonchev–Trinajstić information content (AvgIpc) is 3.58. The molecule has 0 aliphatic heterocycles. The summed E-state index contributed by atoms with van der Waals surface area (Å²) in [6, 6.07) is 54.0. The Morgan fingerprint density at radius 3 is 1.66 bits per heavy atom. The lowest BCUT2D eigenvalue weighted by Crippen LogP contribution is -2.18. The predicted molar refractivity (Wildman–Crippen MR) is 183 cm³/mol. The minimum Gasteiger partial charge on any atom is -0.337 e. The summed E-state index contributed by atoms with van der Waals surface area (Å²) in [4.78, 5) is 7.58. The summed E-state index contributed by atoms with van der Waals surface area (Å²) in [6.45, 7) is 1.47. The van der Waals surface area contributed by atoms with Gasteiger partial charge in [0.1, 0.15) is 5.82 Å². The molecular weight excluding hydrogens is 536 g/mol. The maximum Gasteiger partial charge on any atom is 0.140 e. The fourth-order valence-corrected chi connectivity index (χ4v) is 6.53. The second-order valence-electron chi connectivity index (χ2n) is 11.3. The van der Waals surface area contributed by atoms with Crippen LogP contribution >= 0.6 is 0 Å². The van der Waals surface area contributed by atoms with Gasteiger partial charge in [-0.3, -0.25) is 0 Å². The van der Waals surface area contributed by atoms with Crippen molar-refractivity contribution in [1.29, 1.82) is 0 Å². The van der Waals surface area contributed by atoms with Crippen molar-refractivity contribution in [3.05, 3.63) is 163 Å². The van der Waals surface area contributed by atoms with E-state index in [1.54, 1.807) is 0 Å². The molecule has 212 valence electrons. The molecule has 0 aliphatic carbocycles. The van der Waals surface area contributed by atoms with Gasteiger partial charge in [0.05, 0.1) is 11.0 Å². The molecule has 4 nitrogen and oxygen atoms in total. The van der Waals surface area contributed by atoms with E-state index in [0.29, 0.717) is 0 Å². The largest absolute Gasteiger partial charge is 0.337 e. The van der Waals surface area contributed by atoms with Gasteiger partial charge in [0.25, 0.3) is 0 Å². The quantitative estimate of drug-likeness (QED) is 0.191. The van der Waals surface area contributed by atoms with Crippen LogP contribution in [0.3, 0.4) is 0 Å². The highest BCUT2D eigenvalue weighted by molar-refractivity contribution is 6.08. The normalized spacial score (nSPS) is 11.5. The summed E-state index contributed by atoms with van der Waals surface area (Å²) in [5.74, 6) is 0.975. The van der Waals surface area contributed by atoms with Crippen LogP contribution in [0.1, 0.15) is 11.1 Å². The zero-order valence-corrected chi connectivity index (χ0v) is 24.6. The lowest BCUT2D eigenvalue weighted by atomic mass is 10.0. The van der Waals surface area contributed by atoms with Crippen molar-refractivity contribution >= 4 is 44.2 Å². The fourth-order valence-electron chi connectivity index (χ4n) is 6.53. The number of aromatic nitrogens is 3. The number of benzene rings is 6. The van der Waals surface area contributed by atoms with Gasteiger partial charge in [0.2, 0.25) is 0 Å². The summed E-state index contributed by atoms with van der Waals surface area (Å²) in [5, 5.41) is 2.57. The lowest BCUT2D eigenvalue weighted by molar-refractivity contribution is 0.842. The molecule has 0 saturated carbocycles. The Kier molecular flexibility index (Phi) is 6.45. The van der Waals surface area contributed by atoms with Crippen molar-refractivity contribution in [2.75, 3.05) is 4.90 Å². The van der Waals surface area contributed by atoms with Gasteiger partial charge >= 0.3 is 0 Å². The smallest absolute Gasteiger partial charge is 0.140 e. The number of hydrogen-bond acceptors (Lipinski definition) is 2. The molecule has 0 atom stereocenters. The van der Waals surface area contributed by atoms with Gasteiger partial charge in [-0.2, -0.15) is 0 Å². The van der Waals surface area contributed by atoms with Crippen molar-refractivity contribution in [3.8, 4) is 11.4 Å². The Balaban J connectivity index is 1.33. The van der Waals surface area contributed by atoms with Crippen molar-refractivity contribution in [2.24, 2.45) is 7.05 Å². The maximum absolute atomic E-state index is 5.17. The molecule has 0 amide bonds. The van der Waals surface area contributed by atoms with Crippen LogP contribution in [0.2, 0.25) is 0 Å². The summed E-state index contributed by atoms with van der Waals surface area (Å²) in [7, 11) is 2.13. The zero-order chi connectivity index (χ0) is 29.5. The number of anilines is 2. The highest BCUT2D eigenvalue weighted by atomic mass is 15.1. The Labute approximate surface area is 257 Å². The van der Waals surface area contributed by atoms with E-state index in [9.17, 15) is 0 Å². The number of hydrogen-bond donors (Lipinski definition) is 0. The molecule has 8 aromatic rings. The topological polar surface area (TPSA) is 26.0 Å². The third-order valence-corrected chi connectivity index (χ3v) is 8.71. The molecule has 0 bridgehead atoms. The van der Waals surface area contributed by atoms with Crippen LogP contribution in [0.15, 0.2) is 152 Å². The molecule has 8 rings (SSSR count). The molecule has 4 heteroatoms. The second-order valence-corrected chi connectivity index (χ2v) is 11.3. The van der Waals surface area contributed by atoms with E-state index in [2.05, 4.69) is 173 Å². The van der Waals surface area contributed by atoms with Crippen LogP contribution in [0.25, 0.3) is 44.2 Å². The minimum absolute atomic E-state index is 0.724. The standard InChI is InChI=1S/C40H32N4/c1-42-39-26-31(27-43(32-17-7-3-8-18-32)33-19-9-4-10-20-33)30(25-36(39)41-40(42)29-15-5-2-6-16-29)28-44-37-23-13-11-21-34(37)35-22-12-14-24-38(35)44/h2-26H,27-28H2,1H3. The molecular formula is C40H32N4. The SMILES string of the molecule is Cn1c(-c2ccccc2)nc2cc(Cn3c4ccccc4c4ccccc43)c(CN(c3ccccc3)c3ccccc3)cc21. The van der Waals surface area contributed by atoms with Crippen LogP contribution in [0.4, 0.5) is 11.4 Å². The van der Waals surface area contributed by atoms with E-state index < -0.39 is 0 Å². The molecule has 0 unspecified atom stereocenters. The first-order chi connectivity index (χ1) is 21.7. The lowest BCUT2D eigenvalue weighted by Gasteiger charge is -2.27. The van der Waals surface area contributed by atoms with E-state index in [1.807, 2.05) is 0 Å². The third-order valence-electron chi connectivity index (χ3n) is 8.71. The summed E-state index contributed by atoms with van der Waals surface area (Å²) < 4.78 is 4.69. The van der Waals surface area contributed by atoms with Crippen LogP contribution in [0, 0.1) is 0 Å². The number of imidazole rings is 1. The third kappa shape index (κ3) is 4.52. The van der Waals surface area contributed by atoms with Crippen molar-refractivity contribution in [2.45, 2.75) is 13.1 Å².